The van der Waals surface area contributed by atoms with Gasteiger partial charge in [-0.15, -0.1) is 0 Å². The lowest BCUT2D eigenvalue weighted by molar-refractivity contribution is -0.114. The highest BCUT2D eigenvalue weighted by molar-refractivity contribution is 7.92. The van der Waals surface area contributed by atoms with Gasteiger partial charge in [0.1, 0.15) is 6.54 Å². The van der Waals surface area contributed by atoms with Gasteiger partial charge in [0.25, 0.3) is 10.0 Å². The number of amides is 1. The number of aryl methyl sites for hydroxylation is 3. The first kappa shape index (κ1) is 23.5. The number of benzene rings is 3. The second-order valence-corrected chi connectivity index (χ2v) is 10.4. The van der Waals surface area contributed by atoms with E-state index in [1.165, 1.54) is 9.87 Å². The summed E-state index contributed by atoms with van der Waals surface area (Å²) in [6, 6.07) is 19.8. The van der Waals surface area contributed by atoms with Crippen molar-refractivity contribution in [3.8, 4) is 0 Å². The molecule has 32 heavy (non-hydrogen) atoms. The molecule has 0 aliphatic carbocycles. The Morgan fingerprint density at radius 2 is 1.41 bits per heavy atom. The fourth-order valence-electron chi connectivity index (χ4n) is 3.53. The summed E-state index contributed by atoms with van der Waals surface area (Å²) in [7, 11) is -3.94. The van der Waals surface area contributed by atoms with Gasteiger partial charge in [0.05, 0.1) is 10.6 Å². The Morgan fingerprint density at radius 3 is 1.94 bits per heavy atom. The first-order valence-corrected chi connectivity index (χ1v) is 12.1. The summed E-state index contributed by atoms with van der Waals surface area (Å²) in [6.07, 6.45) is 0. The van der Waals surface area contributed by atoms with Crippen LogP contribution in [0.1, 0.15) is 42.0 Å². The van der Waals surface area contributed by atoms with E-state index < -0.39 is 15.9 Å². The predicted molar refractivity (Wildman–Crippen MR) is 131 cm³/mol. The van der Waals surface area contributed by atoms with Crippen molar-refractivity contribution in [2.75, 3.05) is 16.2 Å². The summed E-state index contributed by atoms with van der Waals surface area (Å²) in [5.74, 6) is -0.0170. The fourth-order valence-corrected chi connectivity index (χ4v) is 4.93. The van der Waals surface area contributed by atoms with Crippen LogP contribution in [-0.4, -0.2) is 20.9 Å². The van der Waals surface area contributed by atoms with Crippen molar-refractivity contribution in [1.29, 1.82) is 0 Å². The Labute approximate surface area is 191 Å². The molecule has 5 nitrogen and oxygen atoms in total. The number of anilines is 2. The lowest BCUT2D eigenvalue weighted by Crippen LogP contribution is -2.38. The second-order valence-electron chi connectivity index (χ2n) is 8.50. The zero-order chi connectivity index (χ0) is 23.5. The van der Waals surface area contributed by atoms with Gasteiger partial charge < -0.3 is 5.32 Å². The van der Waals surface area contributed by atoms with Gasteiger partial charge in [0, 0.05) is 5.69 Å². The number of carbonyl (C=O) groups excluding carboxylic acids is 1. The van der Waals surface area contributed by atoms with E-state index in [0.29, 0.717) is 17.3 Å². The van der Waals surface area contributed by atoms with E-state index in [4.69, 9.17) is 0 Å². The molecule has 1 N–H and O–H groups in total. The van der Waals surface area contributed by atoms with E-state index in [1.807, 2.05) is 51.1 Å². The first-order valence-electron chi connectivity index (χ1n) is 10.6. The molecule has 0 aliphatic rings. The standard InChI is InChI=1S/C26H30N2O3S/c1-18(2)22-8-10-23(11-9-22)27-26(29)17-28(24-15-20(4)14-21(5)16-24)32(30,31)25-12-6-19(3)7-13-25/h6-16,18H,17H2,1-5H3,(H,27,29). The smallest absolute Gasteiger partial charge is 0.264 e. The number of nitrogens with one attached hydrogen (secondary N) is 1. The van der Waals surface area contributed by atoms with Crippen LogP contribution in [0.2, 0.25) is 0 Å². The number of hydrogen-bond acceptors (Lipinski definition) is 3. The van der Waals surface area contributed by atoms with E-state index in [0.717, 1.165) is 16.7 Å². The maximum absolute atomic E-state index is 13.5. The molecule has 3 rings (SSSR count). The van der Waals surface area contributed by atoms with E-state index in [9.17, 15) is 13.2 Å². The molecule has 0 bridgehead atoms. The first-order chi connectivity index (χ1) is 15.1. The van der Waals surface area contributed by atoms with Crippen molar-refractivity contribution in [1.82, 2.24) is 0 Å². The average molecular weight is 451 g/mol. The molecular formula is C26H30N2O3S. The van der Waals surface area contributed by atoms with Crippen molar-refractivity contribution in [3.63, 3.8) is 0 Å². The van der Waals surface area contributed by atoms with Crippen LogP contribution < -0.4 is 9.62 Å². The fraction of sp³-hybridized carbons (Fsp3) is 0.269. The third kappa shape index (κ3) is 5.56. The van der Waals surface area contributed by atoms with Crippen LogP contribution in [0.15, 0.2) is 71.6 Å². The maximum atomic E-state index is 13.5. The predicted octanol–water partition coefficient (Wildman–Crippen LogP) is 5.57. The number of rotatable bonds is 7. The molecule has 0 radical (unpaired) electrons. The molecule has 0 heterocycles. The molecular weight excluding hydrogens is 420 g/mol. The van der Waals surface area contributed by atoms with Gasteiger partial charge in [-0.2, -0.15) is 0 Å². The van der Waals surface area contributed by atoms with Crippen LogP contribution in [0, 0.1) is 20.8 Å². The number of hydrogen-bond donors (Lipinski definition) is 1. The molecule has 3 aromatic rings. The van der Waals surface area contributed by atoms with Crippen LogP contribution in [0.4, 0.5) is 11.4 Å². The van der Waals surface area contributed by atoms with Gasteiger partial charge in [-0.3, -0.25) is 9.10 Å². The van der Waals surface area contributed by atoms with E-state index in [-0.39, 0.29) is 11.4 Å². The number of nitrogens with zero attached hydrogens (tertiary/aromatic N) is 1. The molecule has 0 atom stereocenters. The van der Waals surface area contributed by atoms with Crippen molar-refractivity contribution < 1.29 is 13.2 Å². The Morgan fingerprint density at radius 1 is 0.844 bits per heavy atom. The van der Waals surface area contributed by atoms with Crippen LogP contribution in [0.25, 0.3) is 0 Å². The van der Waals surface area contributed by atoms with Gasteiger partial charge >= 0.3 is 0 Å². The maximum Gasteiger partial charge on any atom is 0.264 e. The minimum absolute atomic E-state index is 0.149. The van der Waals surface area contributed by atoms with Crippen molar-refractivity contribution in [2.45, 2.75) is 45.4 Å². The highest BCUT2D eigenvalue weighted by Gasteiger charge is 2.27. The largest absolute Gasteiger partial charge is 0.325 e. The van der Waals surface area contributed by atoms with Crippen LogP contribution in [0.5, 0.6) is 0 Å². The molecule has 1 amide bonds. The summed E-state index contributed by atoms with van der Waals surface area (Å²) in [6.45, 7) is 9.59. The van der Waals surface area contributed by atoms with Gasteiger partial charge in [0.15, 0.2) is 0 Å². The average Bonchev–Trinajstić information content (AvgIpc) is 2.72. The second kappa shape index (κ2) is 9.57. The third-order valence-electron chi connectivity index (χ3n) is 5.25. The molecule has 0 fully saturated rings. The highest BCUT2D eigenvalue weighted by Crippen LogP contribution is 2.26. The molecule has 0 aromatic heterocycles. The van der Waals surface area contributed by atoms with Gasteiger partial charge in [-0.25, -0.2) is 8.42 Å². The van der Waals surface area contributed by atoms with E-state index >= 15 is 0 Å². The van der Waals surface area contributed by atoms with E-state index in [2.05, 4.69) is 19.2 Å². The van der Waals surface area contributed by atoms with E-state index in [1.54, 1.807) is 36.4 Å². The van der Waals surface area contributed by atoms with Crippen molar-refractivity contribution in [3.05, 3.63) is 89.0 Å². The number of carbonyl (C=O) groups is 1. The number of sulfonamides is 1. The van der Waals surface area contributed by atoms with Gasteiger partial charge in [-0.05, 0) is 79.8 Å². The normalized spacial score (nSPS) is 11.4. The Balaban J connectivity index is 1.93. The molecule has 0 aliphatic heterocycles. The third-order valence-corrected chi connectivity index (χ3v) is 7.04. The Hall–Kier alpha value is -3.12. The minimum atomic E-state index is -3.94. The van der Waals surface area contributed by atoms with Crippen molar-refractivity contribution >= 4 is 27.3 Å². The quantitative estimate of drug-likeness (QED) is 0.512. The highest BCUT2D eigenvalue weighted by atomic mass is 32.2. The Bertz CT molecular complexity index is 1180. The van der Waals surface area contributed by atoms with Gasteiger partial charge in [-0.1, -0.05) is 49.7 Å². The zero-order valence-corrected chi connectivity index (χ0v) is 20.0. The summed E-state index contributed by atoms with van der Waals surface area (Å²) in [5, 5.41) is 2.83. The summed E-state index contributed by atoms with van der Waals surface area (Å²) >= 11 is 0. The summed E-state index contributed by atoms with van der Waals surface area (Å²) < 4.78 is 28.2. The SMILES string of the molecule is Cc1ccc(S(=O)(=O)N(CC(=O)Nc2ccc(C(C)C)cc2)c2cc(C)cc(C)c2)cc1. The molecule has 0 spiro atoms. The lowest BCUT2D eigenvalue weighted by Gasteiger charge is -2.25. The lowest BCUT2D eigenvalue weighted by atomic mass is 10.0. The van der Waals surface area contributed by atoms with Gasteiger partial charge in [0.2, 0.25) is 5.91 Å². The summed E-state index contributed by atoms with van der Waals surface area (Å²) in [5.41, 5.74) is 5.08. The monoisotopic (exact) mass is 450 g/mol. The molecule has 168 valence electrons. The molecule has 0 unspecified atom stereocenters. The Kier molecular flexibility index (Phi) is 7.04. The van der Waals surface area contributed by atoms with Crippen LogP contribution in [-0.2, 0) is 14.8 Å². The topological polar surface area (TPSA) is 66.5 Å². The zero-order valence-electron chi connectivity index (χ0n) is 19.2. The van der Waals surface area contributed by atoms with Crippen LogP contribution >= 0.6 is 0 Å². The molecule has 6 heteroatoms. The molecule has 0 saturated heterocycles. The summed E-state index contributed by atoms with van der Waals surface area (Å²) in [4.78, 5) is 13.0. The van der Waals surface area contributed by atoms with Crippen LogP contribution in [0.3, 0.4) is 0 Å². The molecule has 0 saturated carbocycles. The molecule has 3 aromatic carbocycles. The minimum Gasteiger partial charge on any atom is -0.325 e. The van der Waals surface area contributed by atoms with Crippen molar-refractivity contribution in [2.24, 2.45) is 0 Å².